The van der Waals surface area contributed by atoms with Crippen molar-refractivity contribution in [2.75, 3.05) is 39.3 Å². The van der Waals surface area contributed by atoms with Gasteiger partial charge in [0.15, 0.2) is 0 Å². The van der Waals surface area contributed by atoms with Crippen LogP contribution in [0.3, 0.4) is 0 Å². The Balaban J connectivity index is 1.13. The van der Waals surface area contributed by atoms with Crippen molar-refractivity contribution in [1.82, 2.24) is 25.3 Å². The second-order valence-electron chi connectivity index (χ2n) is 9.62. The molecule has 4 heterocycles. The van der Waals surface area contributed by atoms with Crippen LogP contribution in [0.5, 0.6) is 0 Å². The highest BCUT2D eigenvalue weighted by atomic mass is 32.1. The molecule has 0 unspecified atom stereocenters. The van der Waals surface area contributed by atoms with Gasteiger partial charge < -0.3 is 19.6 Å². The van der Waals surface area contributed by atoms with Gasteiger partial charge in [0.25, 0.3) is 11.8 Å². The van der Waals surface area contributed by atoms with E-state index >= 15 is 0 Å². The summed E-state index contributed by atoms with van der Waals surface area (Å²) in [5, 5.41) is 10.0. The van der Waals surface area contributed by atoms with Gasteiger partial charge in [-0.3, -0.25) is 9.59 Å². The van der Waals surface area contributed by atoms with Gasteiger partial charge in [0, 0.05) is 36.5 Å². The fourth-order valence-electron chi connectivity index (χ4n) is 5.09. The standard InChI is InChI=1S/C27H33N5O3S/c1-19-23(24(30-35-19)20-8-3-2-4-9-20)27(34)32-16-10-21(11-17-32)26-29-22(18-36-26)25(33)28-12-7-15-31-13-5-6-14-31/h2-4,8-9,18,21H,5-7,10-17H2,1H3,(H,28,33). The third-order valence-corrected chi connectivity index (χ3v) is 8.15. The Kier molecular flexibility index (Phi) is 7.77. The molecule has 2 aromatic heterocycles. The summed E-state index contributed by atoms with van der Waals surface area (Å²) < 4.78 is 5.39. The van der Waals surface area contributed by atoms with Gasteiger partial charge in [-0.1, -0.05) is 35.5 Å². The Morgan fingerprint density at radius 2 is 1.86 bits per heavy atom. The van der Waals surface area contributed by atoms with E-state index < -0.39 is 0 Å². The number of benzene rings is 1. The van der Waals surface area contributed by atoms with E-state index in [1.165, 1.54) is 25.9 Å². The van der Waals surface area contributed by atoms with Crippen molar-refractivity contribution in [2.45, 2.75) is 44.9 Å². The third-order valence-electron chi connectivity index (χ3n) is 7.15. The molecule has 3 aromatic rings. The average Bonchev–Trinajstić information content (AvgIpc) is 3.68. The molecular weight excluding hydrogens is 474 g/mol. The second-order valence-corrected chi connectivity index (χ2v) is 10.5. The number of nitrogens with one attached hydrogen (secondary N) is 1. The molecule has 0 spiro atoms. The first-order chi connectivity index (χ1) is 17.6. The van der Waals surface area contributed by atoms with E-state index in [2.05, 4.69) is 20.4 Å². The minimum Gasteiger partial charge on any atom is -0.360 e. The van der Waals surface area contributed by atoms with Gasteiger partial charge in [0.05, 0.1) is 5.01 Å². The number of likely N-dealkylation sites (tertiary alicyclic amines) is 2. The first-order valence-electron chi connectivity index (χ1n) is 12.9. The van der Waals surface area contributed by atoms with Crippen molar-refractivity contribution >= 4 is 23.2 Å². The van der Waals surface area contributed by atoms with E-state index in [9.17, 15) is 9.59 Å². The molecule has 2 aliphatic heterocycles. The van der Waals surface area contributed by atoms with Crippen molar-refractivity contribution < 1.29 is 14.1 Å². The molecule has 5 rings (SSSR count). The molecule has 2 amide bonds. The Hall–Kier alpha value is -3.04. The zero-order valence-electron chi connectivity index (χ0n) is 20.7. The first-order valence-corrected chi connectivity index (χ1v) is 13.7. The number of piperidine rings is 1. The molecule has 36 heavy (non-hydrogen) atoms. The van der Waals surface area contributed by atoms with Gasteiger partial charge in [-0.05, 0) is 58.7 Å². The summed E-state index contributed by atoms with van der Waals surface area (Å²) in [5.74, 6) is 0.659. The fourth-order valence-corrected chi connectivity index (χ4v) is 6.06. The van der Waals surface area contributed by atoms with Crippen molar-refractivity contribution in [1.29, 1.82) is 0 Å². The quantitative estimate of drug-likeness (QED) is 0.456. The topological polar surface area (TPSA) is 91.6 Å². The van der Waals surface area contributed by atoms with Gasteiger partial charge in [-0.2, -0.15) is 0 Å². The number of nitrogens with zero attached hydrogens (tertiary/aromatic N) is 4. The van der Waals surface area contributed by atoms with E-state index in [0.29, 0.717) is 42.3 Å². The van der Waals surface area contributed by atoms with Gasteiger partial charge in [-0.25, -0.2) is 4.98 Å². The summed E-state index contributed by atoms with van der Waals surface area (Å²) in [5.41, 5.74) is 2.51. The van der Waals surface area contributed by atoms with Crippen LogP contribution in [0.15, 0.2) is 40.2 Å². The van der Waals surface area contributed by atoms with Crippen LogP contribution in [0, 0.1) is 6.92 Å². The molecule has 0 radical (unpaired) electrons. The zero-order valence-corrected chi connectivity index (χ0v) is 21.6. The van der Waals surface area contributed by atoms with Gasteiger partial charge in [-0.15, -0.1) is 11.3 Å². The van der Waals surface area contributed by atoms with Crippen molar-refractivity contribution in [3.8, 4) is 11.3 Å². The van der Waals surface area contributed by atoms with E-state index in [-0.39, 0.29) is 17.7 Å². The Labute approximate surface area is 215 Å². The molecule has 8 nitrogen and oxygen atoms in total. The maximum absolute atomic E-state index is 13.4. The summed E-state index contributed by atoms with van der Waals surface area (Å²) in [7, 11) is 0. The molecular formula is C27H33N5O3S. The van der Waals surface area contributed by atoms with Gasteiger partial charge >= 0.3 is 0 Å². The highest BCUT2D eigenvalue weighted by Crippen LogP contribution is 2.32. The fraction of sp³-hybridized carbons (Fsp3) is 0.481. The van der Waals surface area contributed by atoms with Crippen molar-refractivity contribution in [3.05, 3.63) is 57.7 Å². The number of hydrogen-bond donors (Lipinski definition) is 1. The minimum absolute atomic E-state index is 0.0424. The number of carbonyl (C=O) groups is 2. The summed E-state index contributed by atoms with van der Waals surface area (Å²) in [6.45, 7) is 7.14. The summed E-state index contributed by atoms with van der Waals surface area (Å²) >= 11 is 1.54. The molecule has 0 bridgehead atoms. The molecule has 1 N–H and O–H groups in total. The monoisotopic (exact) mass is 507 g/mol. The first kappa shape index (κ1) is 24.6. The van der Waals surface area contributed by atoms with Crippen molar-refractivity contribution in [3.63, 3.8) is 0 Å². The molecule has 0 saturated carbocycles. The minimum atomic E-state index is -0.0945. The molecule has 2 fully saturated rings. The number of aryl methyl sites for hydroxylation is 1. The summed E-state index contributed by atoms with van der Waals surface area (Å²) in [4.78, 5) is 34.9. The van der Waals surface area contributed by atoms with E-state index in [0.717, 1.165) is 36.4 Å². The summed E-state index contributed by atoms with van der Waals surface area (Å²) in [6.07, 6.45) is 5.18. The lowest BCUT2D eigenvalue weighted by atomic mass is 9.96. The molecule has 2 aliphatic rings. The number of thiazole rings is 1. The highest BCUT2D eigenvalue weighted by molar-refractivity contribution is 7.09. The Morgan fingerprint density at radius 1 is 1.11 bits per heavy atom. The van der Waals surface area contributed by atoms with Gasteiger partial charge in [0.1, 0.15) is 22.7 Å². The van der Waals surface area contributed by atoms with Gasteiger partial charge in [0.2, 0.25) is 0 Å². The van der Waals surface area contributed by atoms with Crippen LogP contribution in [0.25, 0.3) is 11.3 Å². The van der Waals surface area contributed by atoms with Crippen LogP contribution >= 0.6 is 11.3 Å². The molecule has 1 aromatic carbocycles. The second kappa shape index (κ2) is 11.3. The van der Waals surface area contributed by atoms with Crippen LogP contribution in [-0.4, -0.2) is 71.0 Å². The van der Waals surface area contributed by atoms with E-state index in [1.54, 1.807) is 18.3 Å². The normalized spacial score (nSPS) is 17.0. The zero-order chi connectivity index (χ0) is 24.9. The number of rotatable bonds is 8. The lowest BCUT2D eigenvalue weighted by Crippen LogP contribution is -2.38. The predicted octanol–water partition coefficient (Wildman–Crippen LogP) is 4.34. The number of carbonyl (C=O) groups excluding carboxylic acids is 2. The van der Waals surface area contributed by atoms with Crippen LogP contribution < -0.4 is 5.32 Å². The smallest absolute Gasteiger partial charge is 0.270 e. The summed E-state index contributed by atoms with van der Waals surface area (Å²) in [6, 6.07) is 9.66. The van der Waals surface area contributed by atoms with Crippen molar-refractivity contribution in [2.24, 2.45) is 0 Å². The van der Waals surface area contributed by atoms with Crippen LogP contribution in [0.2, 0.25) is 0 Å². The van der Waals surface area contributed by atoms with Crippen LogP contribution in [0.1, 0.15) is 69.6 Å². The number of amides is 2. The number of hydrogen-bond acceptors (Lipinski definition) is 7. The molecule has 0 atom stereocenters. The average molecular weight is 508 g/mol. The van der Waals surface area contributed by atoms with E-state index in [1.807, 2.05) is 40.6 Å². The molecule has 190 valence electrons. The Bertz CT molecular complexity index is 1180. The third kappa shape index (κ3) is 5.52. The Morgan fingerprint density at radius 3 is 2.61 bits per heavy atom. The van der Waals surface area contributed by atoms with Crippen LogP contribution in [-0.2, 0) is 0 Å². The lowest BCUT2D eigenvalue weighted by molar-refractivity contribution is 0.0711. The molecule has 0 aliphatic carbocycles. The molecule has 2 saturated heterocycles. The lowest BCUT2D eigenvalue weighted by Gasteiger charge is -2.31. The highest BCUT2D eigenvalue weighted by Gasteiger charge is 2.30. The maximum Gasteiger partial charge on any atom is 0.270 e. The number of aromatic nitrogens is 2. The maximum atomic E-state index is 13.4. The van der Waals surface area contributed by atoms with Crippen LogP contribution in [0.4, 0.5) is 0 Å². The molecule has 9 heteroatoms. The largest absolute Gasteiger partial charge is 0.360 e. The SMILES string of the molecule is Cc1onc(-c2ccccc2)c1C(=O)N1CCC(c2nc(C(=O)NCCCN3CCCC3)cs2)CC1. The predicted molar refractivity (Wildman–Crippen MR) is 139 cm³/mol. The van der Waals surface area contributed by atoms with E-state index in [4.69, 9.17) is 4.52 Å².